The highest BCUT2D eigenvalue weighted by molar-refractivity contribution is 5.66. The minimum atomic E-state index is -0.235. The van der Waals surface area contributed by atoms with Crippen LogP contribution in [0.5, 0.6) is 0 Å². The molecule has 0 aliphatic rings. The van der Waals surface area contributed by atoms with Gasteiger partial charge in [0.1, 0.15) is 0 Å². The average molecular weight is 210 g/mol. The summed E-state index contributed by atoms with van der Waals surface area (Å²) in [5.41, 5.74) is 0. The maximum absolute atomic E-state index is 10.8. The van der Waals surface area contributed by atoms with Gasteiger partial charge in [-0.3, -0.25) is 4.79 Å². The van der Waals surface area contributed by atoms with Crippen LogP contribution in [0.1, 0.15) is 59.3 Å². The van der Waals surface area contributed by atoms with Crippen LogP contribution in [-0.2, 0) is 9.53 Å². The first-order valence-corrected chi connectivity index (χ1v) is 5.86. The number of rotatable bonds is 6. The molecule has 86 valence electrons. The van der Waals surface area contributed by atoms with Crippen LogP contribution in [0.4, 0.5) is 0 Å². The first-order chi connectivity index (χ1) is 7.20. The number of unbranched alkanes of at least 4 members (excludes halogenated alkanes) is 3. The van der Waals surface area contributed by atoms with Gasteiger partial charge in [-0.05, 0) is 12.8 Å². The molecule has 0 saturated heterocycles. The SMILES string of the molecule is CCC#CC(CCCCCC)OC(C)=O. The molecule has 2 heteroatoms. The van der Waals surface area contributed by atoms with Crippen LogP contribution in [-0.4, -0.2) is 12.1 Å². The van der Waals surface area contributed by atoms with Crippen LogP contribution in [0.2, 0.25) is 0 Å². The van der Waals surface area contributed by atoms with Crippen molar-refractivity contribution in [3.8, 4) is 11.8 Å². The molecule has 0 spiro atoms. The molecule has 0 aliphatic heterocycles. The molecule has 0 rings (SSSR count). The fourth-order valence-electron chi connectivity index (χ4n) is 1.33. The summed E-state index contributed by atoms with van der Waals surface area (Å²) in [6.45, 7) is 5.61. The van der Waals surface area contributed by atoms with Crippen molar-refractivity contribution in [3.05, 3.63) is 0 Å². The quantitative estimate of drug-likeness (QED) is 0.382. The molecular weight excluding hydrogens is 188 g/mol. The summed E-state index contributed by atoms with van der Waals surface area (Å²) in [5, 5.41) is 0. The van der Waals surface area contributed by atoms with Gasteiger partial charge >= 0.3 is 5.97 Å². The fourth-order valence-corrected chi connectivity index (χ4v) is 1.33. The molecule has 0 heterocycles. The Balaban J connectivity index is 3.85. The second kappa shape index (κ2) is 9.58. The van der Waals surface area contributed by atoms with E-state index in [1.807, 2.05) is 6.92 Å². The van der Waals surface area contributed by atoms with Gasteiger partial charge in [0, 0.05) is 13.3 Å². The molecule has 0 bridgehead atoms. The summed E-state index contributed by atoms with van der Waals surface area (Å²) in [5.74, 6) is 5.72. The minimum absolute atomic E-state index is 0.195. The summed E-state index contributed by atoms with van der Waals surface area (Å²) in [7, 11) is 0. The molecule has 0 amide bonds. The van der Waals surface area contributed by atoms with E-state index in [0.717, 1.165) is 19.3 Å². The number of ether oxygens (including phenoxy) is 1. The van der Waals surface area contributed by atoms with Gasteiger partial charge in [-0.2, -0.15) is 0 Å². The first-order valence-electron chi connectivity index (χ1n) is 5.86. The average Bonchev–Trinajstić information content (AvgIpc) is 2.19. The minimum Gasteiger partial charge on any atom is -0.449 e. The highest BCUT2D eigenvalue weighted by Gasteiger charge is 2.07. The predicted molar refractivity (Wildman–Crippen MR) is 62.4 cm³/mol. The summed E-state index contributed by atoms with van der Waals surface area (Å²) in [6, 6.07) is 0. The van der Waals surface area contributed by atoms with Gasteiger partial charge in [0.15, 0.2) is 6.10 Å². The Hall–Kier alpha value is -0.970. The van der Waals surface area contributed by atoms with Gasteiger partial charge in [0.2, 0.25) is 0 Å². The summed E-state index contributed by atoms with van der Waals surface area (Å²) >= 11 is 0. The zero-order valence-electron chi connectivity index (χ0n) is 10.1. The normalized spacial score (nSPS) is 11.4. The van der Waals surface area contributed by atoms with Crippen molar-refractivity contribution in [3.63, 3.8) is 0 Å². The summed E-state index contributed by atoms with van der Waals surface area (Å²) in [4.78, 5) is 10.8. The van der Waals surface area contributed by atoms with Crippen LogP contribution in [0, 0.1) is 11.8 Å². The standard InChI is InChI=1S/C13H22O2/c1-4-6-8-9-11-13(10-7-5-2)15-12(3)14/h13H,4-6,8-9,11H2,1-3H3. The van der Waals surface area contributed by atoms with Gasteiger partial charge in [-0.15, -0.1) is 0 Å². The number of hydrogen-bond donors (Lipinski definition) is 0. The number of carbonyl (C=O) groups is 1. The van der Waals surface area contributed by atoms with Crippen LogP contribution < -0.4 is 0 Å². The van der Waals surface area contributed by atoms with E-state index in [-0.39, 0.29) is 12.1 Å². The van der Waals surface area contributed by atoms with Gasteiger partial charge in [-0.25, -0.2) is 0 Å². The van der Waals surface area contributed by atoms with E-state index in [1.54, 1.807) is 0 Å². The van der Waals surface area contributed by atoms with E-state index >= 15 is 0 Å². The van der Waals surface area contributed by atoms with E-state index in [9.17, 15) is 4.79 Å². The lowest BCUT2D eigenvalue weighted by atomic mass is 10.1. The Kier molecular flexibility index (Phi) is 8.96. The Bertz CT molecular complexity index is 222. The van der Waals surface area contributed by atoms with E-state index < -0.39 is 0 Å². The second-order valence-electron chi connectivity index (χ2n) is 3.62. The lowest BCUT2D eigenvalue weighted by Crippen LogP contribution is -2.14. The Morgan fingerprint density at radius 3 is 2.53 bits per heavy atom. The lowest BCUT2D eigenvalue weighted by molar-refractivity contribution is -0.144. The molecule has 0 aromatic rings. The van der Waals surface area contributed by atoms with Crippen molar-refractivity contribution < 1.29 is 9.53 Å². The van der Waals surface area contributed by atoms with Crippen LogP contribution in [0.25, 0.3) is 0 Å². The van der Waals surface area contributed by atoms with Gasteiger partial charge in [-0.1, -0.05) is 45.0 Å². The molecule has 0 saturated carbocycles. The lowest BCUT2D eigenvalue weighted by Gasteiger charge is -2.10. The Labute approximate surface area is 93.4 Å². The third-order valence-corrected chi connectivity index (χ3v) is 2.07. The summed E-state index contributed by atoms with van der Waals surface area (Å²) in [6.07, 6.45) is 6.23. The van der Waals surface area contributed by atoms with E-state index in [0.29, 0.717) is 0 Å². The van der Waals surface area contributed by atoms with Crippen molar-refractivity contribution in [1.82, 2.24) is 0 Å². The number of hydrogen-bond acceptors (Lipinski definition) is 2. The fraction of sp³-hybridized carbons (Fsp3) is 0.769. The third kappa shape index (κ3) is 9.34. The molecule has 0 N–H and O–H groups in total. The molecule has 2 nitrogen and oxygen atoms in total. The van der Waals surface area contributed by atoms with Crippen molar-refractivity contribution in [2.24, 2.45) is 0 Å². The molecule has 0 aromatic carbocycles. The Morgan fingerprint density at radius 1 is 1.27 bits per heavy atom. The van der Waals surface area contributed by atoms with Crippen LogP contribution in [0.3, 0.4) is 0 Å². The molecular formula is C13H22O2. The molecule has 0 fully saturated rings. The zero-order chi connectivity index (χ0) is 11.5. The van der Waals surface area contributed by atoms with Crippen LogP contribution >= 0.6 is 0 Å². The maximum Gasteiger partial charge on any atom is 0.303 e. The maximum atomic E-state index is 10.8. The predicted octanol–water partition coefficient (Wildman–Crippen LogP) is 3.30. The molecule has 0 radical (unpaired) electrons. The molecule has 0 aromatic heterocycles. The highest BCUT2D eigenvalue weighted by atomic mass is 16.5. The molecule has 1 atom stereocenters. The monoisotopic (exact) mass is 210 g/mol. The second-order valence-corrected chi connectivity index (χ2v) is 3.62. The van der Waals surface area contributed by atoms with E-state index in [2.05, 4.69) is 18.8 Å². The summed E-state index contributed by atoms with van der Waals surface area (Å²) < 4.78 is 5.12. The number of esters is 1. The highest BCUT2D eigenvalue weighted by Crippen LogP contribution is 2.08. The third-order valence-electron chi connectivity index (χ3n) is 2.07. The van der Waals surface area contributed by atoms with Gasteiger partial charge < -0.3 is 4.74 Å². The zero-order valence-corrected chi connectivity index (χ0v) is 10.1. The van der Waals surface area contributed by atoms with Crippen molar-refractivity contribution in [2.45, 2.75) is 65.4 Å². The van der Waals surface area contributed by atoms with Gasteiger partial charge in [0.25, 0.3) is 0 Å². The van der Waals surface area contributed by atoms with Crippen LogP contribution in [0.15, 0.2) is 0 Å². The smallest absolute Gasteiger partial charge is 0.303 e. The Morgan fingerprint density at radius 2 is 2.00 bits per heavy atom. The first kappa shape index (κ1) is 14.0. The number of carbonyl (C=O) groups excluding carboxylic acids is 1. The largest absolute Gasteiger partial charge is 0.449 e. The molecule has 15 heavy (non-hydrogen) atoms. The van der Waals surface area contributed by atoms with Crippen molar-refractivity contribution >= 4 is 5.97 Å². The van der Waals surface area contributed by atoms with Crippen molar-refractivity contribution in [1.29, 1.82) is 0 Å². The van der Waals surface area contributed by atoms with Crippen molar-refractivity contribution in [2.75, 3.05) is 0 Å². The van der Waals surface area contributed by atoms with Gasteiger partial charge in [0.05, 0.1) is 0 Å². The topological polar surface area (TPSA) is 26.3 Å². The van der Waals surface area contributed by atoms with E-state index in [1.165, 1.54) is 26.2 Å². The van der Waals surface area contributed by atoms with E-state index in [4.69, 9.17) is 4.74 Å². The molecule has 0 aliphatic carbocycles. The molecule has 1 unspecified atom stereocenters.